The van der Waals surface area contributed by atoms with Gasteiger partial charge in [-0.2, -0.15) is 4.31 Å². The Bertz CT molecular complexity index is 953. The lowest BCUT2D eigenvalue weighted by atomic mass is 9.97. The highest BCUT2D eigenvalue weighted by atomic mass is 35.5. The van der Waals surface area contributed by atoms with Crippen LogP contribution in [0.2, 0.25) is 5.02 Å². The zero-order chi connectivity index (χ0) is 20.3. The topological polar surface area (TPSA) is 75.7 Å². The minimum atomic E-state index is -3.58. The molecular weight excluding hydrogens is 400 g/mol. The first-order chi connectivity index (χ1) is 13.3. The first kappa shape index (κ1) is 20.6. The van der Waals surface area contributed by atoms with Crippen molar-refractivity contribution in [2.75, 3.05) is 25.5 Å². The fourth-order valence-electron chi connectivity index (χ4n) is 3.26. The number of rotatable bonds is 5. The number of carbonyl (C=O) groups excluding carboxylic acids is 1. The summed E-state index contributed by atoms with van der Waals surface area (Å²) < 4.78 is 32.1. The molecule has 1 aliphatic heterocycles. The van der Waals surface area contributed by atoms with Crippen LogP contribution in [0.15, 0.2) is 47.4 Å². The smallest absolute Gasteiger partial charge is 0.243 e. The molecule has 1 heterocycles. The molecule has 0 radical (unpaired) electrons. The Kier molecular flexibility index (Phi) is 6.27. The third-order valence-electron chi connectivity index (χ3n) is 4.97. The van der Waals surface area contributed by atoms with Crippen molar-refractivity contribution in [2.24, 2.45) is 5.92 Å². The monoisotopic (exact) mass is 422 g/mol. The molecule has 1 fully saturated rings. The Morgan fingerprint density at radius 3 is 2.36 bits per heavy atom. The molecule has 6 nitrogen and oxygen atoms in total. The summed E-state index contributed by atoms with van der Waals surface area (Å²) in [6.07, 6.45) is 0.960. The van der Waals surface area contributed by atoms with Gasteiger partial charge < -0.3 is 10.1 Å². The second-order valence-corrected chi connectivity index (χ2v) is 9.18. The predicted molar refractivity (Wildman–Crippen MR) is 109 cm³/mol. The highest BCUT2D eigenvalue weighted by molar-refractivity contribution is 7.89. The summed E-state index contributed by atoms with van der Waals surface area (Å²) in [6, 6.07) is 11.6. The average Bonchev–Trinajstić information content (AvgIpc) is 2.70. The SMILES string of the molecule is COc1ccc(S(=O)(=O)N2CCC(C(=O)Nc3ccc(Cl)cc3C)CC2)cc1. The standard InChI is InChI=1S/C20H23ClN2O4S/c1-14-13-16(21)3-8-19(14)22-20(24)15-9-11-23(12-10-15)28(25,26)18-6-4-17(27-2)5-7-18/h3-8,13,15H,9-12H2,1-2H3,(H,22,24). The molecule has 150 valence electrons. The highest BCUT2D eigenvalue weighted by Gasteiger charge is 2.32. The van der Waals surface area contributed by atoms with Crippen LogP contribution in [0.3, 0.4) is 0 Å². The van der Waals surface area contributed by atoms with Crippen molar-refractivity contribution in [2.45, 2.75) is 24.7 Å². The molecule has 2 aromatic rings. The van der Waals surface area contributed by atoms with Crippen LogP contribution < -0.4 is 10.1 Å². The maximum absolute atomic E-state index is 12.8. The van der Waals surface area contributed by atoms with Gasteiger partial charge in [-0.15, -0.1) is 0 Å². The van der Waals surface area contributed by atoms with Crippen LogP contribution in [0.5, 0.6) is 5.75 Å². The molecule has 3 rings (SSSR count). The predicted octanol–water partition coefficient (Wildman–Crippen LogP) is 3.70. The van der Waals surface area contributed by atoms with Crippen molar-refractivity contribution >= 4 is 33.2 Å². The van der Waals surface area contributed by atoms with E-state index in [1.165, 1.54) is 23.5 Å². The number of methoxy groups -OCH3 is 1. The second-order valence-electron chi connectivity index (χ2n) is 6.80. The lowest BCUT2D eigenvalue weighted by molar-refractivity contribution is -0.120. The number of anilines is 1. The number of amides is 1. The fourth-order valence-corrected chi connectivity index (χ4v) is 4.95. The molecule has 0 unspecified atom stereocenters. The van der Waals surface area contributed by atoms with Gasteiger partial charge in [-0.05, 0) is 67.8 Å². The van der Waals surface area contributed by atoms with E-state index in [4.69, 9.17) is 16.3 Å². The highest BCUT2D eigenvalue weighted by Crippen LogP contribution is 2.27. The number of sulfonamides is 1. The van der Waals surface area contributed by atoms with Gasteiger partial charge in [-0.3, -0.25) is 4.79 Å². The van der Waals surface area contributed by atoms with Gasteiger partial charge in [-0.1, -0.05) is 11.6 Å². The molecule has 0 spiro atoms. The Labute approximate surface area is 170 Å². The summed E-state index contributed by atoms with van der Waals surface area (Å²) in [5.41, 5.74) is 1.61. The van der Waals surface area contributed by atoms with Gasteiger partial charge in [0.2, 0.25) is 15.9 Å². The number of aryl methyl sites for hydroxylation is 1. The number of carbonyl (C=O) groups is 1. The van der Waals surface area contributed by atoms with Gasteiger partial charge >= 0.3 is 0 Å². The van der Waals surface area contributed by atoms with Crippen LogP contribution >= 0.6 is 11.6 Å². The Morgan fingerprint density at radius 2 is 1.79 bits per heavy atom. The molecule has 28 heavy (non-hydrogen) atoms. The summed E-state index contributed by atoms with van der Waals surface area (Å²) in [5, 5.41) is 3.54. The normalized spacial score (nSPS) is 16.0. The van der Waals surface area contributed by atoms with E-state index in [9.17, 15) is 13.2 Å². The quantitative estimate of drug-likeness (QED) is 0.797. The third-order valence-corrected chi connectivity index (χ3v) is 7.12. The molecule has 1 saturated heterocycles. The number of ether oxygens (including phenoxy) is 1. The Balaban J connectivity index is 1.62. The lowest BCUT2D eigenvalue weighted by Crippen LogP contribution is -2.41. The van der Waals surface area contributed by atoms with E-state index < -0.39 is 10.0 Å². The summed E-state index contributed by atoms with van der Waals surface area (Å²) >= 11 is 5.95. The van der Waals surface area contributed by atoms with Crippen molar-refractivity contribution in [3.63, 3.8) is 0 Å². The van der Waals surface area contributed by atoms with E-state index in [1.807, 2.05) is 6.92 Å². The van der Waals surface area contributed by atoms with E-state index in [0.29, 0.717) is 36.7 Å². The van der Waals surface area contributed by atoms with Crippen LogP contribution in [0.4, 0.5) is 5.69 Å². The van der Waals surface area contributed by atoms with Crippen molar-refractivity contribution < 1.29 is 17.9 Å². The van der Waals surface area contributed by atoms with Gasteiger partial charge in [0.05, 0.1) is 12.0 Å². The van der Waals surface area contributed by atoms with Crippen LogP contribution in [0.25, 0.3) is 0 Å². The second kappa shape index (κ2) is 8.51. The third kappa shape index (κ3) is 4.48. The number of hydrogen-bond acceptors (Lipinski definition) is 4. The van der Waals surface area contributed by atoms with Crippen LogP contribution in [-0.4, -0.2) is 38.8 Å². The molecule has 8 heteroatoms. The van der Waals surface area contributed by atoms with Crippen LogP contribution in [0.1, 0.15) is 18.4 Å². The van der Waals surface area contributed by atoms with Crippen molar-refractivity contribution in [1.82, 2.24) is 4.31 Å². The fraction of sp³-hybridized carbons (Fsp3) is 0.350. The van der Waals surface area contributed by atoms with E-state index in [2.05, 4.69) is 5.32 Å². The molecule has 1 aliphatic rings. The van der Waals surface area contributed by atoms with Crippen LogP contribution in [0, 0.1) is 12.8 Å². The van der Waals surface area contributed by atoms with Gasteiger partial charge in [-0.25, -0.2) is 8.42 Å². The summed E-state index contributed by atoms with van der Waals surface area (Å²) in [4.78, 5) is 12.8. The first-order valence-electron chi connectivity index (χ1n) is 9.02. The van der Waals surface area contributed by atoms with Gasteiger partial charge in [0.1, 0.15) is 5.75 Å². The Hall–Kier alpha value is -2.09. The zero-order valence-electron chi connectivity index (χ0n) is 15.8. The number of hydrogen-bond donors (Lipinski definition) is 1. The summed E-state index contributed by atoms with van der Waals surface area (Å²) in [5.74, 6) is 0.288. The van der Waals surface area contributed by atoms with Crippen molar-refractivity contribution in [3.8, 4) is 5.75 Å². The molecule has 1 amide bonds. The number of benzene rings is 2. The molecule has 0 saturated carbocycles. The van der Waals surface area contributed by atoms with Crippen molar-refractivity contribution in [3.05, 3.63) is 53.1 Å². The van der Waals surface area contributed by atoms with Crippen molar-refractivity contribution in [1.29, 1.82) is 0 Å². The van der Waals surface area contributed by atoms with E-state index >= 15 is 0 Å². The zero-order valence-corrected chi connectivity index (χ0v) is 17.4. The van der Waals surface area contributed by atoms with E-state index in [0.717, 1.165) is 11.3 Å². The van der Waals surface area contributed by atoms with E-state index in [1.54, 1.807) is 30.3 Å². The van der Waals surface area contributed by atoms with E-state index in [-0.39, 0.29) is 16.7 Å². The number of nitrogens with zero attached hydrogens (tertiary/aromatic N) is 1. The molecule has 0 bridgehead atoms. The molecule has 1 N–H and O–H groups in total. The average molecular weight is 423 g/mol. The first-order valence-corrected chi connectivity index (χ1v) is 10.8. The van der Waals surface area contributed by atoms with Gasteiger partial charge in [0.15, 0.2) is 0 Å². The molecule has 0 aliphatic carbocycles. The summed E-state index contributed by atoms with van der Waals surface area (Å²) in [6.45, 7) is 2.50. The minimum absolute atomic E-state index is 0.0908. The Morgan fingerprint density at radius 1 is 1.14 bits per heavy atom. The minimum Gasteiger partial charge on any atom is -0.497 e. The molecule has 2 aromatic carbocycles. The number of nitrogens with one attached hydrogen (secondary N) is 1. The van der Waals surface area contributed by atoms with Crippen LogP contribution in [-0.2, 0) is 14.8 Å². The largest absolute Gasteiger partial charge is 0.497 e. The molecule has 0 atom stereocenters. The lowest BCUT2D eigenvalue weighted by Gasteiger charge is -2.30. The van der Waals surface area contributed by atoms with Gasteiger partial charge in [0, 0.05) is 29.7 Å². The maximum Gasteiger partial charge on any atom is 0.243 e. The molecule has 0 aromatic heterocycles. The maximum atomic E-state index is 12.8. The number of piperidine rings is 1. The van der Waals surface area contributed by atoms with Gasteiger partial charge in [0.25, 0.3) is 0 Å². The summed E-state index contributed by atoms with van der Waals surface area (Å²) in [7, 11) is -2.04. The number of halogens is 1. The molecular formula is C20H23ClN2O4S.